The molecule has 3 aliphatic heterocycles. The normalized spacial score (nSPS) is 19.6. The number of anilines is 1. The highest BCUT2D eigenvalue weighted by Gasteiger charge is 2.54. The topological polar surface area (TPSA) is 168 Å². The van der Waals surface area contributed by atoms with Gasteiger partial charge in [-0.1, -0.05) is 96.2 Å². The number of carbonyl (C=O) groups is 4. The minimum absolute atomic E-state index is 0.0423. The Balaban J connectivity index is 1.21. The molecule has 3 amide bonds. The number of allylic oxidation sites excluding steroid dienone is 1. The van der Waals surface area contributed by atoms with Crippen LogP contribution in [0, 0.1) is 0 Å². The highest BCUT2D eigenvalue weighted by molar-refractivity contribution is 8.00. The summed E-state index contributed by atoms with van der Waals surface area (Å²) in [5.74, 6) is -2.98. The minimum atomic E-state index is -1.35. The van der Waals surface area contributed by atoms with E-state index in [-0.39, 0.29) is 46.0 Å². The van der Waals surface area contributed by atoms with Gasteiger partial charge >= 0.3 is 5.97 Å². The summed E-state index contributed by atoms with van der Waals surface area (Å²) < 4.78 is 12.9. The van der Waals surface area contributed by atoms with Crippen molar-refractivity contribution in [3.63, 3.8) is 0 Å². The van der Waals surface area contributed by atoms with E-state index in [1.165, 1.54) is 22.7 Å². The molecule has 2 saturated heterocycles. The van der Waals surface area contributed by atoms with Crippen molar-refractivity contribution in [2.24, 2.45) is 5.16 Å². The number of likely N-dealkylation sites (tertiary alicyclic amines) is 1. The number of aliphatic carboxylic acids is 1. The first kappa shape index (κ1) is 35.6. The van der Waals surface area contributed by atoms with Gasteiger partial charge in [0.15, 0.2) is 10.8 Å². The van der Waals surface area contributed by atoms with Gasteiger partial charge in [-0.05, 0) is 18.1 Å². The molecule has 2 fully saturated rings. The summed E-state index contributed by atoms with van der Waals surface area (Å²) in [5, 5.41) is 18.4. The summed E-state index contributed by atoms with van der Waals surface area (Å²) in [4.78, 5) is 66.4. The molecule has 4 heterocycles. The van der Waals surface area contributed by atoms with Crippen molar-refractivity contribution >= 4 is 57.6 Å². The number of nitrogens with zero attached hydrogens (tertiary/aromatic N) is 4. The first-order chi connectivity index (χ1) is 25.7. The number of β-lactam (4-membered cyclic amide) rings is 1. The first-order valence-electron chi connectivity index (χ1n) is 16.6. The average molecular weight is 753 g/mol. The summed E-state index contributed by atoms with van der Waals surface area (Å²) in [5.41, 5.74) is 7.10. The molecular weight excluding hydrogens is 720 g/mol. The molecule has 4 aromatic rings. The average Bonchev–Trinajstić information content (AvgIpc) is 3.77. The van der Waals surface area contributed by atoms with Gasteiger partial charge in [-0.3, -0.25) is 19.3 Å². The second-order valence-electron chi connectivity index (χ2n) is 12.3. The Morgan fingerprint density at radius 2 is 1.62 bits per heavy atom. The number of halogens is 1. The summed E-state index contributed by atoms with van der Waals surface area (Å²) >= 11 is 2.35. The number of rotatable bonds is 12. The maximum absolute atomic E-state index is 14.1. The van der Waals surface area contributed by atoms with E-state index >= 15 is 0 Å². The molecule has 0 aliphatic carbocycles. The second-order valence-corrected chi connectivity index (χ2v) is 14.3. The Bertz CT molecular complexity index is 2050. The number of carbonyl (C=O) groups excluding carboxylic acids is 3. The lowest BCUT2D eigenvalue weighted by atomic mass is 9.80. The number of oxime groups is 1. The summed E-state index contributed by atoms with van der Waals surface area (Å²) in [6, 6.07) is 27.2. The van der Waals surface area contributed by atoms with Crippen molar-refractivity contribution in [2.45, 2.75) is 23.4 Å². The summed E-state index contributed by atoms with van der Waals surface area (Å²) in [6.07, 6.45) is 1.82. The molecule has 15 heteroatoms. The van der Waals surface area contributed by atoms with Crippen LogP contribution < -0.4 is 11.1 Å². The maximum atomic E-state index is 14.1. The van der Waals surface area contributed by atoms with Crippen molar-refractivity contribution in [1.82, 2.24) is 20.1 Å². The zero-order valence-corrected chi connectivity index (χ0v) is 29.7. The van der Waals surface area contributed by atoms with Crippen molar-refractivity contribution in [1.29, 1.82) is 0 Å². The number of aromatic nitrogens is 1. The van der Waals surface area contributed by atoms with Gasteiger partial charge in [0.1, 0.15) is 29.5 Å². The lowest BCUT2D eigenvalue weighted by molar-refractivity contribution is -0.150. The number of benzene rings is 3. The molecule has 3 aliphatic rings. The van der Waals surface area contributed by atoms with Crippen molar-refractivity contribution < 1.29 is 33.5 Å². The number of hydrogen-bond acceptors (Lipinski definition) is 10. The maximum Gasteiger partial charge on any atom is 0.352 e. The third-order valence-electron chi connectivity index (χ3n) is 9.20. The van der Waals surface area contributed by atoms with Crippen LogP contribution in [-0.4, -0.2) is 86.2 Å². The standard InChI is InChI=1S/C38H33FN6O6S2/c39-17-19-44-18-16-23(33(44)47)20-24-21-52-35-30(34(48)45(35)31(24)36(49)50)42-32(46)29(28-22-53-37(40)41-28)43-51-38(25-10-4-1-5-11-25,26-12-6-2-7-13-26)27-14-8-3-9-15-27/h1-15,20,22,30,35H,16-19,21H2,(H2,40,41)(H,42,46)(H,49,50). The van der Waals surface area contributed by atoms with Gasteiger partial charge in [0.25, 0.3) is 11.8 Å². The SMILES string of the molecule is Nc1nc(C(=NOC(c2ccccc2)(c2ccccc2)c2ccccc2)C(=O)NC2C(=O)N3C(C(=O)O)=C(C=C4CCN(CCF)C4=O)CSC23)cs1. The van der Waals surface area contributed by atoms with E-state index in [0.29, 0.717) is 18.5 Å². The molecular formula is C38H33FN6O6S2. The van der Waals surface area contributed by atoms with Crippen LogP contribution in [0.5, 0.6) is 0 Å². The number of nitrogens with one attached hydrogen (secondary N) is 1. The van der Waals surface area contributed by atoms with Crippen LogP contribution in [0.1, 0.15) is 28.8 Å². The van der Waals surface area contributed by atoms with Crippen LogP contribution in [0.15, 0.2) is 124 Å². The number of thiazole rings is 1. The van der Waals surface area contributed by atoms with Gasteiger partial charge < -0.3 is 25.9 Å². The fourth-order valence-electron chi connectivity index (χ4n) is 6.68. The van der Waals surface area contributed by atoms with E-state index < -0.39 is 41.5 Å². The molecule has 0 bridgehead atoms. The van der Waals surface area contributed by atoms with E-state index in [0.717, 1.165) is 32.9 Å². The minimum Gasteiger partial charge on any atom is -0.477 e. The predicted octanol–water partition coefficient (Wildman–Crippen LogP) is 4.30. The van der Waals surface area contributed by atoms with Crippen LogP contribution in [0.4, 0.5) is 9.52 Å². The number of carboxylic acid groups (broad SMARTS) is 1. The zero-order valence-electron chi connectivity index (χ0n) is 28.1. The molecule has 270 valence electrons. The van der Waals surface area contributed by atoms with Gasteiger partial charge in [0, 0.05) is 46.5 Å². The van der Waals surface area contributed by atoms with Gasteiger partial charge in [0.05, 0.1) is 0 Å². The highest BCUT2D eigenvalue weighted by atomic mass is 32.2. The van der Waals surface area contributed by atoms with Crippen LogP contribution in [0.2, 0.25) is 0 Å². The van der Waals surface area contributed by atoms with Gasteiger partial charge in [-0.2, -0.15) is 0 Å². The molecule has 0 radical (unpaired) electrons. The van der Waals surface area contributed by atoms with Crippen molar-refractivity contribution in [3.05, 3.63) is 142 Å². The number of carboxylic acids is 1. The van der Waals surface area contributed by atoms with Gasteiger partial charge in [0.2, 0.25) is 11.5 Å². The lowest BCUT2D eigenvalue weighted by Gasteiger charge is -2.49. The molecule has 7 rings (SSSR count). The third kappa shape index (κ3) is 6.68. The van der Waals surface area contributed by atoms with Crippen LogP contribution in [-0.2, 0) is 29.6 Å². The summed E-state index contributed by atoms with van der Waals surface area (Å²) in [6.45, 7) is -0.394. The number of alkyl halides is 1. The zero-order chi connectivity index (χ0) is 37.1. The largest absolute Gasteiger partial charge is 0.477 e. The molecule has 0 saturated carbocycles. The quantitative estimate of drug-likeness (QED) is 0.0629. The van der Waals surface area contributed by atoms with Gasteiger partial charge in [-0.15, -0.1) is 23.1 Å². The van der Waals surface area contributed by atoms with Crippen LogP contribution in [0.3, 0.4) is 0 Å². The number of fused-ring (bicyclic) bond motifs is 1. The van der Waals surface area contributed by atoms with Crippen molar-refractivity contribution in [2.75, 3.05) is 31.3 Å². The second kappa shape index (κ2) is 15.0. The molecule has 2 atom stereocenters. The molecule has 1 aromatic heterocycles. The molecule has 12 nitrogen and oxygen atoms in total. The smallest absolute Gasteiger partial charge is 0.352 e. The first-order valence-corrected chi connectivity index (χ1v) is 18.6. The van der Waals surface area contributed by atoms with E-state index in [1.807, 2.05) is 91.0 Å². The van der Waals surface area contributed by atoms with Gasteiger partial charge in [-0.25, -0.2) is 14.2 Å². The number of thioether (sulfide) groups is 1. The Kier molecular flexibility index (Phi) is 10.1. The molecule has 3 aromatic carbocycles. The predicted molar refractivity (Wildman–Crippen MR) is 198 cm³/mol. The number of amides is 3. The fourth-order valence-corrected chi connectivity index (χ4v) is 8.54. The Morgan fingerprint density at radius 1 is 1.02 bits per heavy atom. The number of nitrogen functional groups attached to an aromatic ring is 1. The van der Waals surface area contributed by atoms with E-state index in [2.05, 4.69) is 15.5 Å². The Hall–Kier alpha value is -5.80. The molecule has 2 unspecified atom stereocenters. The molecule has 4 N–H and O–H groups in total. The molecule has 0 spiro atoms. The third-order valence-corrected chi connectivity index (χ3v) is 11.2. The van der Waals surface area contributed by atoms with E-state index in [9.17, 15) is 28.7 Å². The van der Waals surface area contributed by atoms with E-state index in [4.69, 9.17) is 10.6 Å². The fraction of sp³-hybridized carbons (Fsp3) is 0.211. The van der Waals surface area contributed by atoms with E-state index in [1.54, 1.807) is 5.38 Å². The van der Waals surface area contributed by atoms with Crippen LogP contribution >= 0.6 is 23.1 Å². The molecule has 53 heavy (non-hydrogen) atoms. The number of hydrogen-bond donors (Lipinski definition) is 3. The highest BCUT2D eigenvalue weighted by Crippen LogP contribution is 2.43. The monoisotopic (exact) mass is 752 g/mol. The Morgan fingerprint density at radius 3 is 2.15 bits per heavy atom. The summed E-state index contributed by atoms with van der Waals surface area (Å²) in [7, 11) is 0. The van der Waals surface area contributed by atoms with Crippen LogP contribution in [0.25, 0.3) is 0 Å². The van der Waals surface area contributed by atoms with Crippen molar-refractivity contribution in [3.8, 4) is 0 Å². The Labute approximate surface area is 311 Å². The number of nitrogens with two attached hydrogens (primary N) is 1. The lowest BCUT2D eigenvalue weighted by Crippen LogP contribution is -2.71.